The van der Waals surface area contributed by atoms with Crippen LogP contribution in [0.25, 0.3) is 0 Å². The van der Waals surface area contributed by atoms with Crippen LogP contribution in [0.1, 0.15) is 6.42 Å². The third-order valence-corrected chi connectivity index (χ3v) is 2.84. The van der Waals surface area contributed by atoms with E-state index in [-0.39, 0.29) is 12.3 Å². The third-order valence-electron chi connectivity index (χ3n) is 2.84. The summed E-state index contributed by atoms with van der Waals surface area (Å²) in [4.78, 5) is 11.9. The van der Waals surface area contributed by atoms with Crippen molar-refractivity contribution < 1.29 is 14.3 Å². The molecule has 0 heterocycles. The van der Waals surface area contributed by atoms with E-state index in [0.29, 0.717) is 23.7 Å². The smallest absolute Gasteiger partial charge is 0.227 e. The van der Waals surface area contributed by atoms with Crippen molar-refractivity contribution in [3.63, 3.8) is 0 Å². The number of rotatable bonds is 6. The van der Waals surface area contributed by atoms with Crippen molar-refractivity contribution in [2.45, 2.75) is 6.42 Å². The molecule has 110 valence electrons. The molecule has 0 saturated carbocycles. The lowest BCUT2D eigenvalue weighted by molar-refractivity contribution is -0.116. The molecule has 0 atom stereocenters. The van der Waals surface area contributed by atoms with Gasteiger partial charge in [-0.2, -0.15) is 0 Å². The number of hydrogen-bond donors (Lipinski definition) is 2. The standard InChI is InChI=1S/C16H18N2O3/c1-20-15-11-12(17)7-8-14(15)18-16(19)9-10-21-13-5-3-2-4-6-13/h2-8,11H,9-10,17H2,1H3,(H,18,19). The average Bonchev–Trinajstić information content (AvgIpc) is 2.50. The van der Waals surface area contributed by atoms with Gasteiger partial charge in [0.2, 0.25) is 5.91 Å². The third kappa shape index (κ3) is 4.42. The fraction of sp³-hybridized carbons (Fsp3) is 0.188. The van der Waals surface area contributed by atoms with Gasteiger partial charge in [-0.05, 0) is 24.3 Å². The Kier molecular flexibility index (Phi) is 5.04. The first-order valence-electron chi connectivity index (χ1n) is 6.60. The van der Waals surface area contributed by atoms with E-state index in [2.05, 4.69) is 5.32 Å². The number of anilines is 2. The quantitative estimate of drug-likeness (QED) is 0.801. The average molecular weight is 286 g/mol. The van der Waals surface area contributed by atoms with E-state index in [1.165, 1.54) is 7.11 Å². The van der Waals surface area contributed by atoms with Crippen molar-refractivity contribution in [2.75, 3.05) is 24.8 Å². The van der Waals surface area contributed by atoms with Crippen LogP contribution in [-0.2, 0) is 4.79 Å². The highest BCUT2D eigenvalue weighted by Gasteiger charge is 2.08. The van der Waals surface area contributed by atoms with E-state index in [1.54, 1.807) is 18.2 Å². The number of hydrogen-bond acceptors (Lipinski definition) is 4. The van der Waals surface area contributed by atoms with Gasteiger partial charge in [-0.25, -0.2) is 0 Å². The Bertz CT molecular complexity index is 600. The van der Waals surface area contributed by atoms with Crippen molar-refractivity contribution in [2.24, 2.45) is 0 Å². The van der Waals surface area contributed by atoms with Crippen molar-refractivity contribution in [3.8, 4) is 11.5 Å². The highest BCUT2D eigenvalue weighted by molar-refractivity contribution is 5.92. The predicted octanol–water partition coefficient (Wildman–Crippen LogP) is 2.69. The van der Waals surface area contributed by atoms with E-state index in [1.807, 2.05) is 30.3 Å². The Labute approximate surface area is 123 Å². The molecule has 2 aromatic carbocycles. The molecule has 3 N–H and O–H groups in total. The highest BCUT2D eigenvalue weighted by atomic mass is 16.5. The summed E-state index contributed by atoms with van der Waals surface area (Å²) in [5.74, 6) is 1.14. The summed E-state index contributed by atoms with van der Waals surface area (Å²) in [6.45, 7) is 0.313. The van der Waals surface area contributed by atoms with Crippen LogP contribution in [-0.4, -0.2) is 19.6 Å². The van der Waals surface area contributed by atoms with Crippen LogP contribution in [0.4, 0.5) is 11.4 Å². The zero-order chi connectivity index (χ0) is 15.1. The number of para-hydroxylation sites is 1. The molecule has 0 unspecified atom stereocenters. The van der Waals surface area contributed by atoms with Gasteiger partial charge < -0.3 is 20.5 Å². The van der Waals surface area contributed by atoms with Gasteiger partial charge in [0, 0.05) is 11.8 Å². The largest absolute Gasteiger partial charge is 0.494 e. The molecule has 0 bridgehead atoms. The fourth-order valence-corrected chi connectivity index (χ4v) is 1.80. The molecule has 0 aromatic heterocycles. The Morgan fingerprint density at radius 2 is 1.95 bits per heavy atom. The maximum Gasteiger partial charge on any atom is 0.227 e. The van der Waals surface area contributed by atoms with E-state index >= 15 is 0 Å². The van der Waals surface area contributed by atoms with Crippen LogP contribution in [0.3, 0.4) is 0 Å². The topological polar surface area (TPSA) is 73.6 Å². The minimum absolute atomic E-state index is 0.144. The van der Waals surface area contributed by atoms with Crippen molar-refractivity contribution in [1.82, 2.24) is 0 Å². The molecule has 0 saturated heterocycles. The van der Waals surface area contributed by atoms with E-state index < -0.39 is 0 Å². The van der Waals surface area contributed by atoms with E-state index in [4.69, 9.17) is 15.2 Å². The molecule has 0 fully saturated rings. The summed E-state index contributed by atoms with van der Waals surface area (Å²) in [6.07, 6.45) is 0.252. The van der Waals surface area contributed by atoms with Crippen LogP contribution in [0, 0.1) is 0 Å². The number of carbonyl (C=O) groups is 1. The highest BCUT2D eigenvalue weighted by Crippen LogP contribution is 2.26. The van der Waals surface area contributed by atoms with E-state index in [0.717, 1.165) is 5.75 Å². The first-order valence-corrected chi connectivity index (χ1v) is 6.60. The summed E-state index contributed by atoms with van der Waals surface area (Å²) in [5, 5.41) is 2.78. The Balaban J connectivity index is 1.85. The molecule has 0 radical (unpaired) electrons. The maximum absolute atomic E-state index is 11.9. The summed E-state index contributed by atoms with van der Waals surface area (Å²) < 4.78 is 10.7. The lowest BCUT2D eigenvalue weighted by Gasteiger charge is -2.11. The zero-order valence-corrected chi connectivity index (χ0v) is 11.8. The lowest BCUT2D eigenvalue weighted by Crippen LogP contribution is -2.15. The number of ether oxygens (including phenoxy) is 2. The minimum atomic E-state index is -0.144. The lowest BCUT2D eigenvalue weighted by atomic mass is 10.2. The number of benzene rings is 2. The van der Waals surface area contributed by atoms with Gasteiger partial charge in [0.1, 0.15) is 11.5 Å². The first-order chi connectivity index (χ1) is 10.2. The summed E-state index contributed by atoms with van der Waals surface area (Å²) in [5.41, 5.74) is 6.84. The molecule has 1 amide bonds. The monoisotopic (exact) mass is 286 g/mol. The van der Waals surface area contributed by atoms with Gasteiger partial charge in [-0.3, -0.25) is 4.79 Å². The molecule has 0 spiro atoms. The summed E-state index contributed by atoms with van der Waals surface area (Å²) in [7, 11) is 1.53. The number of carbonyl (C=O) groups excluding carboxylic acids is 1. The molecular weight excluding hydrogens is 268 g/mol. The summed E-state index contributed by atoms with van der Waals surface area (Å²) >= 11 is 0. The molecule has 5 nitrogen and oxygen atoms in total. The van der Waals surface area contributed by atoms with Crippen LogP contribution in [0.5, 0.6) is 11.5 Å². The molecule has 2 aromatic rings. The molecule has 5 heteroatoms. The van der Waals surface area contributed by atoms with Gasteiger partial charge in [0.05, 0.1) is 25.8 Å². The van der Waals surface area contributed by atoms with E-state index in [9.17, 15) is 4.79 Å². The fourth-order valence-electron chi connectivity index (χ4n) is 1.80. The van der Waals surface area contributed by atoms with Crippen molar-refractivity contribution in [1.29, 1.82) is 0 Å². The number of nitrogen functional groups attached to an aromatic ring is 1. The number of methoxy groups -OCH3 is 1. The molecule has 2 rings (SSSR count). The molecular formula is C16H18N2O3. The van der Waals surface area contributed by atoms with Gasteiger partial charge in [0.25, 0.3) is 0 Å². The Morgan fingerprint density at radius 1 is 1.19 bits per heavy atom. The SMILES string of the molecule is COc1cc(N)ccc1NC(=O)CCOc1ccccc1. The van der Waals surface area contributed by atoms with Gasteiger partial charge in [-0.1, -0.05) is 18.2 Å². The maximum atomic E-state index is 11.9. The Morgan fingerprint density at radius 3 is 2.67 bits per heavy atom. The molecule has 0 aliphatic carbocycles. The summed E-state index contributed by atoms with van der Waals surface area (Å²) in [6, 6.07) is 14.5. The normalized spacial score (nSPS) is 9.95. The number of nitrogens with one attached hydrogen (secondary N) is 1. The minimum Gasteiger partial charge on any atom is -0.494 e. The molecule has 0 aliphatic heterocycles. The first kappa shape index (κ1) is 14.7. The number of amides is 1. The van der Waals surface area contributed by atoms with Crippen LogP contribution in [0.2, 0.25) is 0 Å². The second-order valence-corrected chi connectivity index (χ2v) is 4.42. The Hall–Kier alpha value is -2.69. The van der Waals surface area contributed by atoms with Gasteiger partial charge in [0.15, 0.2) is 0 Å². The predicted molar refractivity (Wildman–Crippen MR) is 82.6 cm³/mol. The number of nitrogens with two attached hydrogens (primary N) is 1. The second kappa shape index (κ2) is 7.19. The van der Waals surface area contributed by atoms with Gasteiger partial charge >= 0.3 is 0 Å². The van der Waals surface area contributed by atoms with Crippen LogP contribution in [0.15, 0.2) is 48.5 Å². The van der Waals surface area contributed by atoms with Gasteiger partial charge in [-0.15, -0.1) is 0 Å². The molecule has 0 aliphatic rings. The second-order valence-electron chi connectivity index (χ2n) is 4.42. The van der Waals surface area contributed by atoms with Crippen molar-refractivity contribution in [3.05, 3.63) is 48.5 Å². The van der Waals surface area contributed by atoms with Crippen molar-refractivity contribution >= 4 is 17.3 Å². The van der Waals surface area contributed by atoms with Crippen LogP contribution >= 0.6 is 0 Å². The zero-order valence-electron chi connectivity index (χ0n) is 11.8. The van der Waals surface area contributed by atoms with Crippen LogP contribution < -0.4 is 20.5 Å². The molecule has 21 heavy (non-hydrogen) atoms.